The number of thiazole rings is 1. The molecular formula is C11H10N2O2S2. The van der Waals surface area contributed by atoms with Gasteiger partial charge in [-0.1, -0.05) is 6.07 Å². The molecule has 6 heteroatoms. The van der Waals surface area contributed by atoms with Gasteiger partial charge in [-0.25, -0.2) is 9.97 Å². The fourth-order valence-electron chi connectivity index (χ4n) is 1.18. The average Bonchev–Trinajstić information content (AvgIpc) is 2.68. The maximum absolute atomic E-state index is 10.5. The van der Waals surface area contributed by atoms with E-state index >= 15 is 0 Å². The molecule has 0 fully saturated rings. The molecule has 0 aliphatic rings. The normalized spacial score (nSPS) is 10.4. The molecule has 2 aromatic rings. The van der Waals surface area contributed by atoms with Crippen molar-refractivity contribution in [3.8, 4) is 0 Å². The van der Waals surface area contributed by atoms with Gasteiger partial charge in [0.1, 0.15) is 5.03 Å². The summed E-state index contributed by atoms with van der Waals surface area (Å²) in [5.41, 5.74) is 1.71. The van der Waals surface area contributed by atoms with Crippen LogP contribution in [0.4, 0.5) is 0 Å². The largest absolute Gasteiger partial charge is 0.481 e. The molecule has 0 amide bonds. The number of hydrogen-bond acceptors (Lipinski definition) is 5. The van der Waals surface area contributed by atoms with Crippen molar-refractivity contribution in [3.63, 3.8) is 0 Å². The summed E-state index contributed by atoms with van der Waals surface area (Å²) in [7, 11) is 0. The zero-order chi connectivity index (χ0) is 12.3. The number of carbonyl (C=O) groups is 1. The Labute approximate surface area is 107 Å². The summed E-state index contributed by atoms with van der Waals surface area (Å²) in [6.45, 7) is 1.98. The predicted molar refractivity (Wildman–Crippen MR) is 66.6 cm³/mol. The Morgan fingerprint density at radius 1 is 1.53 bits per heavy atom. The highest BCUT2D eigenvalue weighted by atomic mass is 32.2. The lowest BCUT2D eigenvalue weighted by molar-refractivity contribution is -0.136. The average molecular weight is 266 g/mol. The molecule has 2 heterocycles. The maximum atomic E-state index is 10.5. The fraction of sp³-hybridized carbons (Fsp3) is 0.182. The number of carboxylic acid groups (broad SMARTS) is 1. The molecule has 0 atom stereocenters. The second kappa shape index (κ2) is 5.29. The van der Waals surface area contributed by atoms with Crippen LogP contribution in [0, 0.1) is 6.92 Å². The quantitative estimate of drug-likeness (QED) is 0.921. The molecule has 2 aromatic heterocycles. The fourth-order valence-corrected chi connectivity index (χ4v) is 2.89. The van der Waals surface area contributed by atoms with Gasteiger partial charge in [0.15, 0.2) is 4.34 Å². The van der Waals surface area contributed by atoms with E-state index in [0.29, 0.717) is 5.69 Å². The van der Waals surface area contributed by atoms with E-state index in [1.165, 1.54) is 23.1 Å². The first-order valence-corrected chi connectivity index (χ1v) is 6.60. The summed E-state index contributed by atoms with van der Waals surface area (Å²) in [6, 6.07) is 3.92. The molecule has 0 aromatic carbocycles. The molecule has 0 bridgehead atoms. The lowest BCUT2D eigenvalue weighted by atomic mass is 10.3. The van der Waals surface area contributed by atoms with E-state index in [9.17, 15) is 4.79 Å². The zero-order valence-corrected chi connectivity index (χ0v) is 10.7. The van der Waals surface area contributed by atoms with Crippen LogP contribution in [0.2, 0.25) is 0 Å². The summed E-state index contributed by atoms with van der Waals surface area (Å²) < 4.78 is 0.817. The minimum atomic E-state index is -0.861. The molecule has 0 unspecified atom stereocenters. The molecule has 1 N–H and O–H groups in total. The second-order valence-corrected chi connectivity index (χ2v) is 5.58. The summed E-state index contributed by atoms with van der Waals surface area (Å²) in [4.78, 5) is 19.0. The van der Waals surface area contributed by atoms with Crippen molar-refractivity contribution in [1.82, 2.24) is 9.97 Å². The van der Waals surface area contributed by atoms with Gasteiger partial charge < -0.3 is 5.11 Å². The maximum Gasteiger partial charge on any atom is 0.309 e. The third-order valence-corrected chi connectivity index (χ3v) is 3.88. The molecule has 4 nitrogen and oxygen atoms in total. The molecule has 0 aliphatic carbocycles. The minimum absolute atomic E-state index is 0.0294. The molecule has 0 spiro atoms. The van der Waals surface area contributed by atoms with Crippen molar-refractivity contribution < 1.29 is 9.90 Å². The Balaban J connectivity index is 2.06. The summed E-state index contributed by atoms with van der Waals surface area (Å²) >= 11 is 2.89. The van der Waals surface area contributed by atoms with Crippen LogP contribution < -0.4 is 0 Å². The monoisotopic (exact) mass is 266 g/mol. The van der Waals surface area contributed by atoms with Gasteiger partial charge in [0.25, 0.3) is 0 Å². The van der Waals surface area contributed by atoms with Gasteiger partial charge in [-0.15, -0.1) is 11.3 Å². The lowest BCUT2D eigenvalue weighted by Gasteiger charge is -1.96. The molecular weight excluding hydrogens is 256 g/mol. The van der Waals surface area contributed by atoms with Gasteiger partial charge in [0.2, 0.25) is 0 Å². The van der Waals surface area contributed by atoms with Crippen molar-refractivity contribution in [3.05, 3.63) is 35.0 Å². The van der Waals surface area contributed by atoms with Gasteiger partial charge in [0, 0.05) is 11.6 Å². The Morgan fingerprint density at radius 3 is 3.00 bits per heavy atom. The Bertz CT molecular complexity index is 523. The van der Waals surface area contributed by atoms with E-state index < -0.39 is 5.97 Å². The molecule has 88 valence electrons. The molecule has 0 aliphatic heterocycles. The highest BCUT2D eigenvalue weighted by molar-refractivity contribution is 8.01. The van der Waals surface area contributed by atoms with E-state index in [1.54, 1.807) is 11.6 Å². The predicted octanol–water partition coefficient (Wildman–Crippen LogP) is 2.62. The number of aryl methyl sites for hydroxylation is 1. The van der Waals surface area contributed by atoms with Gasteiger partial charge in [-0.05, 0) is 30.3 Å². The molecule has 17 heavy (non-hydrogen) atoms. The smallest absolute Gasteiger partial charge is 0.309 e. The van der Waals surface area contributed by atoms with E-state index in [1.807, 2.05) is 19.1 Å². The van der Waals surface area contributed by atoms with Crippen LogP contribution in [0.3, 0.4) is 0 Å². The number of rotatable bonds is 4. The second-order valence-electron chi connectivity index (χ2n) is 3.45. The number of carboxylic acids is 1. The summed E-state index contributed by atoms with van der Waals surface area (Å²) in [5, 5.41) is 11.3. The van der Waals surface area contributed by atoms with E-state index in [0.717, 1.165) is 14.9 Å². The topological polar surface area (TPSA) is 63.1 Å². The van der Waals surface area contributed by atoms with Gasteiger partial charge in [0.05, 0.1) is 12.1 Å². The van der Waals surface area contributed by atoms with Crippen LogP contribution >= 0.6 is 23.1 Å². The van der Waals surface area contributed by atoms with Crippen molar-refractivity contribution in [1.29, 1.82) is 0 Å². The third kappa shape index (κ3) is 3.54. The first kappa shape index (κ1) is 12.1. The van der Waals surface area contributed by atoms with Gasteiger partial charge in [-0.2, -0.15) is 0 Å². The van der Waals surface area contributed by atoms with E-state index in [4.69, 9.17) is 5.11 Å². The van der Waals surface area contributed by atoms with Crippen molar-refractivity contribution >= 4 is 29.1 Å². The first-order chi connectivity index (χ1) is 8.13. The van der Waals surface area contributed by atoms with Crippen molar-refractivity contribution in [2.24, 2.45) is 0 Å². The lowest BCUT2D eigenvalue weighted by Crippen LogP contribution is -1.99. The Hall–Kier alpha value is -1.40. The summed E-state index contributed by atoms with van der Waals surface area (Å²) in [5.74, 6) is -0.861. The SMILES string of the molecule is Cc1ccc(Sc2nc(CC(=O)O)cs2)nc1. The third-order valence-electron chi connectivity index (χ3n) is 1.94. The first-order valence-electron chi connectivity index (χ1n) is 4.90. The van der Waals surface area contributed by atoms with Crippen LogP contribution in [-0.4, -0.2) is 21.0 Å². The summed E-state index contributed by atoms with van der Waals surface area (Å²) in [6.07, 6.45) is 1.77. The van der Waals surface area contributed by atoms with Gasteiger partial charge in [-0.3, -0.25) is 4.79 Å². The minimum Gasteiger partial charge on any atom is -0.481 e. The van der Waals surface area contributed by atoms with Crippen LogP contribution in [0.25, 0.3) is 0 Å². The number of aromatic nitrogens is 2. The zero-order valence-electron chi connectivity index (χ0n) is 9.08. The molecule has 2 rings (SSSR count). The number of aliphatic carboxylic acids is 1. The standard InChI is InChI=1S/C11H10N2O2S2/c1-7-2-3-9(12-5-7)17-11-13-8(6-16-11)4-10(14)15/h2-3,5-6H,4H2,1H3,(H,14,15). The van der Waals surface area contributed by atoms with E-state index in [2.05, 4.69) is 9.97 Å². The molecule has 0 radical (unpaired) electrons. The van der Waals surface area contributed by atoms with Crippen molar-refractivity contribution in [2.45, 2.75) is 22.7 Å². The number of nitrogens with zero attached hydrogens (tertiary/aromatic N) is 2. The highest BCUT2D eigenvalue weighted by Crippen LogP contribution is 2.28. The number of hydrogen-bond donors (Lipinski definition) is 1. The van der Waals surface area contributed by atoms with Crippen LogP contribution in [0.15, 0.2) is 33.1 Å². The molecule has 0 saturated heterocycles. The molecule has 0 saturated carbocycles. The number of pyridine rings is 1. The Morgan fingerprint density at radius 2 is 2.35 bits per heavy atom. The van der Waals surface area contributed by atoms with Crippen LogP contribution in [0.1, 0.15) is 11.3 Å². The van der Waals surface area contributed by atoms with Crippen LogP contribution in [0.5, 0.6) is 0 Å². The highest BCUT2D eigenvalue weighted by Gasteiger charge is 2.07. The Kier molecular flexibility index (Phi) is 3.75. The van der Waals surface area contributed by atoms with E-state index in [-0.39, 0.29) is 6.42 Å². The van der Waals surface area contributed by atoms with Crippen LogP contribution in [-0.2, 0) is 11.2 Å². The van der Waals surface area contributed by atoms with Crippen molar-refractivity contribution in [2.75, 3.05) is 0 Å². The van der Waals surface area contributed by atoms with Gasteiger partial charge >= 0.3 is 5.97 Å².